The molecule has 1 aromatic carbocycles. The maximum absolute atomic E-state index is 12.6. The third-order valence-electron chi connectivity index (χ3n) is 4.90. The number of sulfonamides is 1. The zero-order valence-electron chi connectivity index (χ0n) is 16.3. The minimum absolute atomic E-state index is 0.119. The lowest BCUT2D eigenvalue weighted by Gasteiger charge is -2.37. The summed E-state index contributed by atoms with van der Waals surface area (Å²) < 4.78 is 30.6. The lowest BCUT2D eigenvalue weighted by atomic mass is 9.99. The first-order chi connectivity index (χ1) is 14.3. The molecule has 1 N–H and O–H groups in total. The van der Waals surface area contributed by atoms with Crippen LogP contribution >= 0.6 is 0 Å². The molecule has 0 spiro atoms. The topological polar surface area (TPSA) is 129 Å². The molecule has 11 heteroatoms. The van der Waals surface area contributed by atoms with Crippen LogP contribution in [0.25, 0.3) is 11.4 Å². The van der Waals surface area contributed by atoms with Gasteiger partial charge in [-0.2, -0.15) is 4.98 Å². The standard InChI is InChI=1S/C19H19N5O5S/c1-23(2)30(27,28)14-7-5-12(6-8-14)19(26)24-10-13(11-24)18-21-16(22-29-18)15-4-3-9-20-17(15)25/h3-9,13H,10-11H2,1-2H3,(H,20,25). The Kier molecular flexibility index (Phi) is 5.00. The molecule has 10 nitrogen and oxygen atoms in total. The van der Waals surface area contributed by atoms with Gasteiger partial charge in [0.1, 0.15) is 0 Å². The van der Waals surface area contributed by atoms with Crippen LogP contribution in [0.1, 0.15) is 22.2 Å². The van der Waals surface area contributed by atoms with Crippen molar-refractivity contribution >= 4 is 15.9 Å². The van der Waals surface area contributed by atoms with Gasteiger partial charge in [0.25, 0.3) is 11.5 Å². The van der Waals surface area contributed by atoms with Crippen molar-refractivity contribution in [1.29, 1.82) is 0 Å². The number of likely N-dealkylation sites (tertiary alicyclic amines) is 1. The third kappa shape index (κ3) is 3.53. The van der Waals surface area contributed by atoms with Crippen LogP contribution in [0.5, 0.6) is 0 Å². The van der Waals surface area contributed by atoms with Crippen LogP contribution in [0, 0.1) is 0 Å². The molecule has 1 amide bonds. The van der Waals surface area contributed by atoms with E-state index in [1.807, 2.05) is 0 Å². The molecular formula is C19H19N5O5S. The molecule has 1 fully saturated rings. The lowest BCUT2D eigenvalue weighted by molar-refractivity contribution is 0.0569. The normalized spacial score (nSPS) is 14.7. The Morgan fingerprint density at radius 1 is 1.20 bits per heavy atom. The van der Waals surface area contributed by atoms with Crippen molar-refractivity contribution in [1.82, 2.24) is 24.3 Å². The van der Waals surface area contributed by atoms with Gasteiger partial charge >= 0.3 is 0 Å². The van der Waals surface area contributed by atoms with Crippen LogP contribution in [0.15, 0.2) is 56.8 Å². The number of carbonyl (C=O) groups excluding carboxylic acids is 1. The van der Waals surface area contributed by atoms with E-state index in [4.69, 9.17) is 4.52 Å². The molecule has 1 saturated heterocycles. The SMILES string of the molecule is CN(C)S(=O)(=O)c1ccc(C(=O)N2CC(c3nc(-c4ccc[nH]c4=O)no3)C2)cc1. The number of rotatable bonds is 5. The summed E-state index contributed by atoms with van der Waals surface area (Å²) in [5.74, 6) is 0.240. The average molecular weight is 429 g/mol. The van der Waals surface area contributed by atoms with Crippen molar-refractivity contribution in [3.63, 3.8) is 0 Å². The van der Waals surface area contributed by atoms with Gasteiger partial charge in [0.15, 0.2) is 0 Å². The summed E-state index contributed by atoms with van der Waals surface area (Å²) in [5, 5.41) is 3.85. The number of aromatic nitrogens is 3. The molecular weight excluding hydrogens is 410 g/mol. The van der Waals surface area contributed by atoms with E-state index in [2.05, 4.69) is 15.1 Å². The molecule has 1 aliphatic rings. The van der Waals surface area contributed by atoms with E-state index in [1.165, 1.54) is 44.6 Å². The van der Waals surface area contributed by atoms with E-state index >= 15 is 0 Å². The predicted molar refractivity (Wildman–Crippen MR) is 106 cm³/mol. The van der Waals surface area contributed by atoms with E-state index in [9.17, 15) is 18.0 Å². The molecule has 1 aliphatic heterocycles. The number of hydrogen-bond donors (Lipinski definition) is 1. The van der Waals surface area contributed by atoms with Crippen LogP contribution < -0.4 is 5.56 Å². The van der Waals surface area contributed by atoms with Crippen molar-refractivity contribution in [3.05, 3.63) is 64.4 Å². The third-order valence-corrected chi connectivity index (χ3v) is 6.73. The van der Waals surface area contributed by atoms with Crippen LogP contribution in [-0.2, 0) is 10.0 Å². The summed E-state index contributed by atoms with van der Waals surface area (Å²) in [6.07, 6.45) is 1.52. The van der Waals surface area contributed by atoms with Crippen molar-refractivity contribution < 1.29 is 17.7 Å². The number of amides is 1. The fourth-order valence-corrected chi connectivity index (χ4v) is 3.97. The molecule has 30 heavy (non-hydrogen) atoms. The first kappa shape index (κ1) is 20.0. The van der Waals surface area contributed by atoms with E-state index in [-0.39, 0.29) is 28.1 Å². The van der Waals surface area contributed by atoms with Crippen LogP contribution in [-0.4, -0.2) is 65.8 Å². The van der Waals surface area contributed by atoms with Gasteiger partial charge in [0.2, 0.25) is 21.7 Å². The fraction of sp³-hybridized carbons (Fsp3) is 0.263. The Balaban J connectivity index is 1.42. The Morgan fingerprint density at radius 2 is 1.90 bits per heavy atom. The summed E-state index contributed by atoms with van der Waals surface area (Å²) in [5.41, 5.74) is 0.399. The van der Waals surface area contributed by atoms with Gasteiger partial charge in [0.05, 0.1) is 16.4 Å². The molecule has 3 heterocycles. The monoisotopic (exact) mass is 429 g/mol. The molecule has 0 radical (unpaired) electrons. The largest absolute Gasteiger partial charge is 0.339 e. The first-order valence-electron chi connectivity index (χ1n) is 9.11. The second kappa shape index (κ2) is 7.50. The second-order valence-corrected chi connectivity index (χ2v) is 9.24. The highest BCUT2D eigenvalue weighted by Crippen LogP contribution is 2.28. The molecule has 2 aromatic heterocycles. The number of benzene rings is 1. The number of nitrogens with one attached hydrogen (secondary N) is 1. The van der Waals surface area contributed by atoms with E-state index in [1.54, 1.807) is 17.0 Å². The molecule has 0 unspecified atom stereocenters. The van der Waals surface area contributed by atoms with Gasteiger partial charge < -0.3 is 14.4 Å². The molecule has 0 aliphatic carbocycles. The Morgan fingerprint density at radius 3 is 2.53 bits per heavy atom. The van der Waals surface area contributed by atoms with Crippen molar-refractivity contribution in [2.75, 3.05) is 27.2 Å². The summed E-state index contributed by atoms with van der Waals surface area (Å²) >= 11 is 0. The smallest absolute Gasteiger partial charge is 0.259 e. The van der Waals surface area contributed by atoms with Gasteiger partial charge in [-0.25, -0.2) is 12.7 Å². The fourth-order valence-electron chi connectivity index (χ4n) is 3.07. The summed E-state index contributed by atoms with van der Waals surface area (Å²) in [4.78, 5) is 33.0. The molecule has 0 bridgehead atoms. The van der Waals surface area contributed by atoms with Gasteiger partial charge in [-0.05, 0) is 36.4 Å². The average Bonchev–Trinajstić information content (AvgIpc) is 3.16. The van der Waals surface area contributed by atoms with Gasteiger partial charge in [-0.15, -0.1) is 0 Å². The van der Waals surface area contributed by atoms with E-state index in [0.29, 0.717) is 30.1 Å². The maximum Gasteiger partial charge on any atom is 0.259 e. The number of carbonyl (C=O) groups is 1. The van der Waals surface area contributed by atoms with Crippen LogP contribution in [0.3, 0.4) is 0 Å². The Labute approximate surface area is 172 Å². The van der Waals surface area contributed by atoms with Crippen molar-refractivity contribution in [2.24, 2.45) is 0 Å². The van der Waals surface area contributed by atoms with Gasteiger partial charge in [-0.1, -0.05) is 5.16 Å². The van der Waals surface area contributed by atoms with Gasteiger partial charge in [-0.3, -0.25) is 9.59 Å². The maximum atomic E-state index is 12.6. The summed E-state index contributed by atoms with van der Waals surface area (Å²) in [6, 6.07) is 9.11. The predicted octanol–water partition coefficient (Wildman–Crippen LogP) is 0.915. The molecule has 156 valence electrons. The van der Waals surface area contributed by atoms with Crippen molar-refractivity contribution in [3.8, 4) is 11.4 Å². The number of nitrogens with zero attached hydrogens (tertiary/aromatic N) is 4. The minimum Gasteiger partial charge on any atom is -0.339 e. The number of H-pyrrole nitrogens is 1. The number of pyridine rings is 1. The first-order valence-corrected chi connectivity index (χ1v) is 10.5. The van der Waals surface area contributed by atoms with Crippen LogP contribution in [0.2, 0.25) is 0 Å². The highest BCUT2D eigenvalue weighted by Gasteiger charge is 2.36. The second-order valence-electron chi connectivity index (χ2n) is 7.09. The zero-order chi connectivity index (χ0) is 21.5. The number of hydrogen-bond acceptors (Lipinski definition) is 7. The van der Waals surface area contributed by atoms with Gasteiger partial charge in [0, 0.05) is 38.9 Å². The van der Waals surface area contributed by atoms with Crippen molar-refractivity contribution in [2.45, 2.75) is 10.8 Å². The highest BCUT2D eigenvalue weighted by molar-refractivity contribution is 7.89. The Hall–Kier alpha value is -3.31. The summed E-state index contributed by atoms with van der Waals surface area (Å²) in [6.45, 7) is 0.784. The lowest BCUT2D eigenvalue weighted by Crippen LogP contribution is -2.48. The molecule has 0 saturated carbocycles. The van der Waals surface area contributed by atoms with Crippen LogP contribution in [0.4, 0.5) is 0 Å². The van der Waals surface area contributed by atoms with E-state index < -0.39 is 10.0 Å². The highest BCUT2D eigenvalue weighted by atomic mass is 32.2. The molecule has 3 aromatic rings. The molecule has 4 rings (SSSR count). The van der Waals surface area contributed by atoms with E-state index in [0.717, 1.165) is 4.31 Å². The number of aromatic amines is 1. The quantitative estimate of drug-likeness (QED) is 0.638. The summed E-state index contributed by atoms with van der Waals surface area (Å²) in [7, 11) is -0.644. The Bertz CT molecular complexity index is 1240. The minimum atomic E-state index is -3.54. The molecule has 0 atom stereocenters. The zero-order valence-corrected chi connectivity index (χ0v) is 17.1.